The summed E-state index contributed by atoms with van der Waals surface area (Å²) in [6.45, 7) is 4.07. The van der Waals surface area contributed by atoms with Crippen LogP contribution in [0.4, 0.5) is 4.39 Å². The first-order valence-electron chi connectivity index (χ1n) is 7.74. The van der Waals surface area contributed by atoms with Crippen LogP contribution in [0.5, 0.6) is 0 Å². The number of nitrogens with one attached hydrogen (secondary N) is 2. The van der Waals surface area contributed by atoms with E-state index in [1.165, 1.54) is 12.1 Å². The third-order valence-electron chi connectivity index (χ3n) is 3.76. The Hall–Kier alpha value is -2.70. The Bertz CT molecular complexity index is 710. The second-order valence-corrected chi connectivity index (χ2v) is 6.00. The van der Waals surface area contributed by atoms with Gasteiger partial charge in [-0.1, -0.05) is 26.0 Å². The lowest BCUT2D eigenvalue weighted by atomic mass is 9.98. The maximum Gasteiger partial charge on any atom is 0.271 e. The highest BCUT2D eigenvalue weighted by Gasteiger charge is 2.19. The minimum Gasteiger partial charge on any atom is -0.369 e. The standard InChI is InChI=1S/C17H21FN4O2/c1-10(2)14-8-15(22-21-14)17(24)20-9-12(16(19)23)7-11-3-5-13(18)6-4-11/h3-6,8,10,12H,7,9H2,1-2H3,(H2,19,23)(H,20,24)(H,21,22). The van der Waals surface area contributed by atoms with E-state index in [9.17, 15) is 14.0 Å². The number of carbonyl (C=O) groups excluding carboxylic acids is 2. The number of H-pyrrole nitrogens is 1. The predicted octanol–water partition coefficient (Wildman–Crippen LogP) is 1.75. The zero-order chi connectivity index (χ0) is 17.7. The number of aromatic nitrogens is 2. The van der Waals surface area contributed by atoms with Gasteiger partial charge >= 0.3 is 0 Å². The molecule has 6 nitrogen and oxygen atoms in total. The molecule has 2 rings (SSSR count). The largest absolute Gasteiger partial charge is 0.369 e. The summed E-state index contributed by atoms with van der Waals surface area (Å²) in [7, 11) is 0. The maximum absolute atomic E-state index is 12.9. The van der Waals surface area contributed by atoms with Gasteiger partial charge in [-0.15, -0.1) is 0 Å². The summed E-state index contributed by atoms with van der Waals surface area (Å²) in [4.78, 5) is 23.7. The van der Waals surface area contributed by atoms with Crippen LogP contribution in [0.25, 0.3) is 0 Å². The molecule has 1 aromatic carbocycles. The highest BCUT2D eigenvalue weighted by atomic mass is 19.1. The van der Waals surface area contributed by atoms with Crippen LogP contribution >= 0.6 is 0 Å². The molecule has 0 saturated heterocycles. The van der Waals surface area contributed by atoms with Gasteiger partial charge in [-0.25, -0.2) is 4.39 Å². The van der Waals surface area contributed by atoms with Crippen molar-refractivity contribution in [3.05, 3.63) is 53.1 Å². The average Bonchev–Trinajstić information content (AvgIpc) is 3.03. The van der Waals surface area contributed by atoms with Gasteiger partial charge in [-0.3, -0.25) is 14.7 Å². The highest BCUT2D eigenvalue weighted by molar-refractivity contribution is 5.92. The van der Waals surface area contributed by atoms with E-state index in [1.54, 1.807) is 18.2 Å². The van der Waals surface area contributed by atoms with Gasteiger partial charge in [-0.2, -0.15) is 5.10 Å². The van der Waals surface area contributed by atoms with Crippen LogP contribution in [0.1, 0.15) is 41.5 Å². The van der Waals surface area contributed by atoms with Crippen molar-refractivity contribution in [2.45, 2.75) is 26.2 Å². The van der Waals surface area contributed by atoms with Gasteiger partial charge in [0.2, 0.25) is 5.91 Å². The normalized spacial score (nSPS) is 12.2. The Morgan fingerprint density at radius 1 is 1.29 bits per heavy atom. The topological polar surface area (TPSA) is 101 Å². The highest BCUT2D eigenvalue weighted by Crippen LogP contribution is 2.12. The molecular formula is C17H21FN4O2. The number of benzene rings is 1. The lowest BCUT2D eigenvalue weighted by Crippen LogP contribution is -2.37. The molecule has 128 valence electrons. The first-order valence-corrected chi connectivity index (χ1v) is 7.74. The summed E-state index contributed by atoms with van der Waals surface area (Å²) >= 11 is 0. The van der Waals surface area contributed by atoms with Crippen LogP contribution in [-0.2, 0) is 11.2 Å². The van der Waals surface area contributed by atoms with E-state index in [0.29, 0.717) is 6.42 Å². The molecule has 0 saturated carbocycles. The van der Waals surface area contributed by atoms with E-state index in [-0.39, 0.29) is 29.9 Å². The van der Waals surface area contributed by atoms with Crippen molar-refractivity contribution in [2.24, 2.45) is 11.7 Å². The molecule has 1 unspecified atom stereocenters. The van der Waals surface area contributed by atoms with E-state index in [0.717, 1.165) is 11.3 Å². The number of primary amides is 1. The van der Waals surface area contributed by atoms with Gasteiger partial charge in [0.25, 0.3) is 5.91 Å². The van der Waals surface area contributed by atoms with Crippen molar-refractivity contribution >= 4 is 11.8 Å². The molecule has 0 aliphatic heterocycles. The maximum atomic E-state index is 12.9. The number of hydrogen-bond donors (Lipinski definition) is 3. The molecule has 0 spiro atoms. The summed E-state index contributed by atoms with van der Waals surface area (Å²) in [6, 6.07) is 7.51. The molecule has 4 N–H and O–H groups in total. The Morgan fingerprint density at radius 2 is 1.96 bits per heavy atom. The zero-order valence-corrected chi connectivity index (χ0v) is 13.7. The summed E-state index contributed by atoms with van der Waals surface area (Å²) in [5.41, 5.74) is 7.30. The van der Waals surface area contributed by atoms with Crippen molar-refractivity contribution in [3.8, 4) is 0 Å². The Balaban J connectivity index is 1.96. The third kappa shape index (κ3) is 4.65. The molecule has 1 heterocycles. The van der Waals surface area contributed by atoms with Crippen molar-refractivity contribution in [3.63, 3.8) is 0 Å². The number of nitrogens with two attached hydrogens (primary N) is 1. The van der Waals surface area contributed by atoms with Crippen LogP contribution in [0.15, 0.2) is 30.3 Å². The van der Waals surface area contributed by atoms with E-state index >= 15 is 0 Å². The fourth-order valence-electron chi connectivity index (χ4n) is 2.23. The predicted molar refractivity (Wildman–Crippen MR) is 87.8 cm³/mol. The molecule has 1 aromatic heterocycles. The molecule has 7 heteroatoms. The monoisotopic (exact) mass is 332 g/mol. The minimum absolute atomic E-state index is 0.0927. The first-order chi connectivity index (χ1) is 11.4. The molecule has 2 aromatic rings. The summed E-state index contributed by atoms with van der Waals surface area (Å²) in [6.07, 6.45) is 0.327. The van der Waals surface area contributed by atoms with Gasteiger partial charge in [0, 0.05) is 12.2 Å². The van der Waals surface area contributed by atoms with E-state index in [1.807, 2.05) is 13.8 Å². The SMILES string of the molecule is CC(C)c1cc(C(=O)NCC(Cc2ccc(F)cc2)C(N)=O)n[nH]1. The van der Waals surface area contributed by atoms with Gasteiger partial charge in [0.1, 0.15) is 11.5 Å². The fraction of sp³-hybridized carbons (Fsp3) is 0.353. The van der Waals surface area contributed by atoms with Crippen molar-refractivity contribution < 1.29 is 14.0 Å². The molecule has 2 amide bonds. The number of nitrogens with zero attached hydrogens (tertiary/aromatic N) is 1. The van der Waals surface area contributed by atoms with Crippen LogP contribution in [-0.4, -0.2) is 28.6 Å². The molecule has 0 fully saturated rings. The second kappa shape index (κ2) is 7.72. The molecule has 0 aliphatic carbocycles. The average molecular weight is 332 g/mol. The van der Waals surface area contributed by atoms with E-state index in [2.05, 4.69) is 15.5 Å². The molecule has 0 radical (unpaired) electrons. The smallest absolute Gasteiger partial charge is 0.271 e. The lowest BCUT2D eigenvalue weighted by molar-refractivity contribution is -0.121. The van der Waals surface area contributed by atoms with Gasteiger partial charge in [0.15, 0.2) is 0 Å². The molecule has 24 heavy (non-hydrogen) atoms. The Morgan fingerprint density at radius 3 is 2.50 bits per heavy atom. The quantitative estimate of drug-likeness (QED) is 0.720. The van der Waals surface area contributed by atoms with Crippen LogP contribution in [0.2, 0.25) is 0 Å². The minimum atomic E-state index is -0.581. The van der Waals surface area contributed by atoms with Crippen LogP contribution in [0, 0.1) is 11.7 Å². The number of rotatable bonds is 7. The number of halogens is 1. The van der Waals surface area contributed by atoms with Crippen LogP contribution in [0.3, 0.4) is 0 Å². The van der Waals surface area contributed by atoms with Gasteiger partial charge < -0.3 is 11.1 Å². The summed E-state index contributed by atoms with van der Waals surface area (Å²) in [5.74, 6) is -1.59. The third-order valence-corrected chi connectivity index (χ3v) is 3.76. The second-order valence-electron chi connectivity index (χ2n) is 6.00. The molecular weight excluding hydrogens is 311 g/mol. The summed E-state index contributed by atoms with van der Waals surface area (Å²) < 4.78 is 12.9. The fourth-order valence-corrected chi connectivity index (χ4v) is 2.23. The van der Waals surface area contributed by atoms with Crippen molar-refractivity contribution in [1.29, 1.82) is 0 Å². The Kier molecular flexibility index (Phi) is 5.68. The summed E-state index contributed by atoms with van der Waals surface area (Å²) in [5, 5.41) is 9.43. The molecule has 0 bridgehead atoms. The number of amides is 2. The van der Waals surface area contributed by atoms with Crippen molar-refractivity contribution in [1.82, 2.24) is 15.5 Å². The van der Waals surface area contributed by atoms with E-state index in [4.69, 9.17) is 5.73 Å². The van der Waals surface area contributed by atoms with Crippen molar-refractivity contribution in [2.75, 3.05) is 6.54 Å². The number of carbonyl (C=O) groups is 2. The Labute approximate surface area is 139 Å². The number of hydrogen-bond acceptors (Lipinski definition) is 3. The molecule has 1 atom stereocenters. The van der Waals surface area contributed by atoms with Gasteiger partial charge in [0.05, 0.1) is 5.92 Å². The number of aromatic amines is 1. The zero-order valence-electron chi connectivity index (χ0n) is 13.7. The van der Waals surface area contributed by atoms with Crippen LogP contribution < -0.4 is 11.1 Å². The molecule has 0 aliphatic rings. The first kappa shape index (κ1) is 17.7. The lowest BCUT2D eigenvalue weighted by Gasteiger charge is -2.14. The van der Waals surface area contributed by atoms with E-state index < -0.39 is 11.8 Å². The van der Waals surface area contributed by atoms with Gasteiger partial charge in [-0.05, 0) is 36.1 Å².